The highest BCUT2D eigenvalue weighted by molar-refractivity contribution is 7.98. The van der Waals surface area contributed by atoms with E-state index in [1.807, 2.05) is 13.8 Å². The van der Waals surface area contributed by atoms with Gasteiger partial charge in [0.1, 0.15) is 5.75 Å². The number of carbonyl (C=O) groups excluding carboxylic acids is 1. The van der Waals surface area contributed by atoms with Gasteiger partial charge in [0.05, 0.1) is 11.3 Å². The fraction of sp³-hybridized carbons (Fsp3) is 0.261. The number of halogens is 3. The summed E-state index contributed by atoms with van der Waals surface area (Å²) in [4.78, 5) is 20.3. The van der Waals surface area contributed by atoms with E-state index in [2.05, 4.69) is 9.97 Å². The fourth-order valence-corrected chi connectivity index (χ4v) is 3.50. The first kappa shape index (κ1) is 22.8. The molecule has 0 bridgehead atoms. The zero-order chi connectivity index (χ0) is 22.6. The first-order valence-corrected chi connectivity index (χ1v) is 10.6. The molecule has 0 spiro atoms. The molecule has 1 heterocycles. The second kappa shape index (κ2) is 9.51. The number of rotatable bonds is 7. The molecule has 0 amide bonds. The van der Waals surface area contributed by atoms with E-state index in [0.717, 1.165) is 17.8 Å². The van der Waals surface area contributed by atoms with E-state index in [0.29, 0.717) is 27.9 Å². The van der Waals surface area contributed by atoms with Crippen LogP contribution in [0.3, 0.4) is 0 Å². The van der Waals surface area contributed by atoms with Gasteiger partial charge in [-0.1, -0.05) is 43.8 Å². The van der Waals surface area contributed by atoms with E-state index in [1.165, 1.54) is 24.8 Å². The maximum Gasteiger partial charge on any atom is 0.416 e. The summed E-state index contributed by atoms with van der Waals surface area (Å²) in [6, 6.07) is 13.7. The molecule has 0 aliphatic carbocycles. The van der Waals surface area contributed by atoms with Gasteiger partial charge >= 0.3 is 6.18 Å². The van der Waals surface area contributed by atoms with Crippen LogP contribution >= 0.6 is 11.8 Å². The third kappa shape index (κ3) is 6.30. The molecule has 8 heteroatoms. The van der Waals surface area contributed by atoms with Gasteiger partial charge in [-0.25, -0.2) is 4.98 Å². The Hall–Kier alpha value is -2.87. The summed E-state index contributed by atoms with van der Waals surface area (Å²) >= 11 is 1.24. The van der Waals surface area contributed by atoms with Crippen LogP contribution in [-0.4, -0.2) is 15.8 Å². The van der Waals surface area contributed by atoms with Crippen LogP contribution in [0, 0.1) is 0 Å². The largest absolute Gasteiger partial charge is 0.439 e. The number of benzene rings is 2. The van der Waals surface area contributed by atoms with E-state index < -0.39 is 11.7 Å². The van der Waals surface area contributed by atoms with Crippen molar-refractivity contribution in [3.05, 3.63) is 77.0 Å². The summed E-state index contributed by atoms with van der Waals surface area (Å²) in [5, 5.41) is 0.416. The van der Waals surface area contributed by atoms with Crippen LogP contribution in [0.1, 0.15) is 53.9 Å². The second-order valence-corrected chi connectivity index (χ2v) is 8.18. The third-order valence-electron chi connectivity index (χ3n) is 4.40. The van der Waals surface area contributed by atoms with Crippen molar-refractivity contribution < 1.29 is 22.7 Å². The Balaban J connectivity index is 1.79. The highest BCUT2D eigenvalue weighted by atomic mass is 32.2. The number of hydrogen-bond acceptors (Lipinski definition) is 5. The molecule has 0 aliphatic heterocycles. The van der Waals surface area contributed by atoms with E-state index in [9.17, 15) is 18.0 Å². The maximum atomic E-state index is 12.9. The molecule has 0 saturated carbocycles. The van der Waals surface area contributed by atoms with Crippen LogP contribution < -0.4 is 4.74 Å². The molecule has 3 rings (SSSR count). The Morgan fingerprint density at radius 1 is 1.06 bits per heavy atom. The molecule has 0 N–H and O–H groups in total. The van der Waals surface area contributed by atoms with Crippen LogP contribution in [0.25, 0.3) is 0 Å². The van der Waals surface area contributed by atoms with Crippen molar-refractivity contribution >= 4 is 17.5 Å². The van der Waals surface area contributed by atoms with Gasteiger partial charge in [0, 0.05) is 17.4 Å². The molecule has 0 saturated heterocycles. The predicted molar refractivity (Wildman–Crippen MR) is 114 cm³/mol. The number of hydrogen-bond donors (Lipinski definition) is 0. The van der Waals surface area contributed by atoms with Crippen molar-refractivity contribution in [1.29, 1.82) is 0 Å². The molecule has 0 atom stereocenters. The van der Waals surface area contributed by atoms with Crippen LogP contribution in [0.2, 0.25) is 0 Å². The lowest BCUT2D eigenvalue weighted by Gasteiger charge is -2.12. The topological polar surface area (TPSA) is 52.1 Å². The molecule has 0 unspecified atom stereocenters. The lowest BCUT2D eigenvalue weighted by molar-refractivity contribution is -0.137. The number of ketones is 1. The first-order chi connectivity index (χ1) is 14.6. The molecule has 31 heavy (non-hydrogen) atoms. The number of alkyl halides is 3. The predicted octanol–water partition coefficient (Wildman–Crippen LogP) is 6.91. The Morgan fingerprint density at radius 3 is 2.39 bits per heavy atom. The SMILES string of the molecule is CC(=O)c1ccc(Oc2cc(C(C)C)nc(SCc3cccc(C(F)(F)F)c3)n2)cc1. The lowest BCUT2D eigenvalue weighted by Crippen LogP contribution is -2.05. The molecule has 0 fully saturated rings. The van der Waals surface area contributed by atoms with Crippen molar-refractivity contribution in [3.63, 3.8) is 0 Å². The summed E-state index contributed by atoms with van der Waals surface area (Å²) in [6.07, 6.45) is -4.38. The number of carbonyl (C=O) groups is 1. The van der Waals surface area contributed by atoms with Crippen molar-refractivity contribution in [2.24, 2.45) is 0 Å². The number of nitrogens with zero attached hydrogens (tertiary/aromatic N) is 2. The summed E-state index contributed by atoms with van der Waals surface area (Å²) in [5.74, 6) is 1.22. The highest BCUT2D eigenvalue weighted by Crippen LogP contribution is 2.32. The third-order valence-corrected chi connectivity index (χ3v) is 5.32. The molecule has 2 aromatic carbocycles. The van der Waals surface area contributed by atoms with Crippen molar-refractivity contribution in [3.8, 4) is 11.6 Å². The molecular formula is C23H21F3N2O2S. The quantitative estimate of drug-likeness (QED) is 0.224. The number of aromatic nitrogens is 2. The molecule has 3 aromatic rings. The second-order valence-electron chi connectivity index (χ2n) is 7.24. The molecule has 0 aliphatic rings. The van der Waals surface area contributed by atoms with E-state index in [4.69, 9.17) is 4.74 Å². The van der Waals surface area contributed by atoms with E-state index >= 15 is 0 Å². The Bertz CT molecular complexity index is 1070. The fourth-order valence-electron chi connectivity index (χ4n) is 2.70. The van der Waals surface area contributed by atoms with E-state index in [-0.39, 0.29) is 17.5 Å². The van der Waals surface area contributed by atoms with Crippen molar-refractivity contribution in [1.82, 2.24) is 9.97 Å². The number of ether oxygens (including phenoxy) is 1. The van der Waals surface area contributed by atoms with Gasteiger partial charge < -0.3 is 4.74 Å². The number of thioether (sulfide) groups is 1. The first-order valence-electron chi connectivity index (χ1n) is 9.58. The normalized spacial score (nSPS) is 11.6. The molecular weight excluding hydrogens is 425 g/mol. The number of Topliss-reactive ketones (excluding diaryl/α,β-unsaturated/α-hetero) is 1. The zero-order valence-electron chi connectivity index (χ0n) is 17.2. The Morgan fingerprint density at radius 2 is 1.77 bits per heavy atom. The van der Waals surface area contributed by atoms with Gasteiger partial charge in [-0.2, -0.15) is 18.2 Å². The standard InChI is InChI=1S/C23H21F3N2O2S/c1-14(2)20-12-21(30-19-9-7-17(8-10-19)15(3)29)28-22(27-20)31-13-16-5-4-6-18(11-16)23(24,25)26/h4-12,14H,13H2,1-3H3. The van der Waals surface area contributed by atoms with Crippen LogP contribution in [0.4, 0.5) is 13.2 Å². The van der Waals surface area contributed by atoms with Gasteiger partial charge in [0.25, 0.3) is 0 Å². The summed E-state index contributed by atoms with van der Waals surface area (Å²) < 4.78 is 44.6. The van der Waals surface area contributed by atoms with Gasteiger partial charge in [-0.3, -0.25) is 4.79 Å². The summed E-state index contributed by atoms with van der Waals surface area (Å²) in [5.41, 5.74) is 1.19. The smallest absolute Gasteiger partial charge is 0.416 e. The minimum Gasteiger partial charge on any atom is -0.439 e. The lowest BCUT2D eigenvalue weighted by atomic mass is 10.1. The average molecular weight is 446 g/mol. The minimum absolute atomic E-state index is 0.0380. The maximum absolute atomic E-state index is 12.9. The van der Waals surface area contributed by atoms with Gasteiger partial charge in [-0.05, 0) is 48.7 Å². The summed E-state index contributed by atoms with van der Waals surface area (Å²) in [7, 11) is 0. The van der Waals surface area contributed by atoms with Gasteiger partial charge in [0.15, 0.2) is 10.9 Å². The Labute approximate surface area is 182 Å². The van der Waals surface area contributed by atoms with Gasteiger partial charge in [0.2, 0.25) is 5.88 Å². The van der Waals surface area contributed by atoms with Crippen LogP contribution in [0.5, 0.6) is 11.6 Å². The zero-order valence-corrected chi connectivity index (χ0v) is 18.1. The minimum atomic E-state index is -4.38. The molecule has 162 valence electrons. The monoisotopic (exact) mass is 446 g/mol. The molecule has 1 aromatic heterocycles. The Kier molecular flexibility index (Phi) is 7.00. The van der Waals surface area contributed by atoms with Crippen molar-refractivity contribution in [2.45, 2.75) is 43.8 Å². The summed E-state index contributed by atoms with van der Waals surface area (Å²) in [6.45, 7) is 5.45. The van der Waals surface area contributed by atoms with Crippen LogP contribution in [-0.2, 0) is 11.9 Å². The van der Waals surface area contributed by atoms with Gasteiger partial charge in [-0.15, -0.1) is 0 Å². The average Bonchev–Trinajstić information content (AvgIpc) is 2.72. The van der Waals surface area contributed by atoms with E-state index in [1.54, 1.807) is 36.4 Å². The molecule has 4 nitrogen and oxygen atoms in total. The van der Waals surface area contributed by atoms with Crippen molar-refractivity contribution in [2.75, 3.05) is 0 Å². The van der Waals surface area contributed by atoms with Crippen LogP contribution in [0.15, 0.2) is 59.8 Å². The highest BCUT2D eigenvalue weighted by Gasteiger charge is 2.30. The molecule has 0 radical (unpaired) electrons.